The Hall–Kier alpha value is -1.18. The van der Waals surface area contributed by atoms with E-state index in [0.29, 0.717) is 0 Å². The van der Waals surface area contributed by atoms with Crippen molar-refractivity contribution in [2.24, 2.45) is 5.92 Å². The summed E-state index contributed by atoms with van der Waals surface area (Å²) in [5, 5.41) is 0. The molecule has 14 heavy (non-hydrogen) atoms. The van der Waals surface area contributed by atoms with Gasteiger partial charge in [-0.3, -0.25) is 0 Å². The van der Waals surface area contributed by atoms with Gasteiger partial charge in [0.1, 0.15) is 0 Å². The van der Waals surface area contributed by atoms with Crippen LogP contribution in [-0.4, -0.2) is 14.2 Å². The summed E-state index contributed by atoms with van der Waals surface area (Å²) < 4.78 is 10.5. The van der Waals surface area contributed by atoms with E-state index in [0.717, 1.165) is 30.3 Å². The second kappa shape index (κ2) is 3.52. The summed E-state index contributed by atoms with van der Waals surface area (Å²) in [5.74, 6) is 2.45. The highest BCUT2D eigenvalue weighted by molar-refractivity contribution is 5.49. The number of methoxy groups -OCH3 is 2. The van der Waals surface area contributed by atoms with E-state index in [-0.39, 0.29) is 0 Å². The summed E-state index contributed by atoms with van der Waals surface area (Å²) in [6.07, 6.45) is 2.32. The first-order chi connectivity index (χ1) is 6.74. The Bertz CT molecular complexity index is 311. The first-order valence-corrected chi connectivity index (χ1v) is 4.98. The van der Waals surface area contributed by atoms with E-state index in [1.165, 1.54) is 11.1 Å². The lowest BCUT2D eigenvalue weighted by Gasteiger charge is -2.09. The van der Waals surface area contributed by atoms with Crippen LogP contribution >= 0.6 is 0 Å². The Labute approximate surface area is 84.8 Å². The van der Waals surface area contributed by atoms with Crippen LogP contribution in [0.4, 0.5) is 0 Å². The molecule has 0 aliphatic heterocycles. The second-order valence-corrected chi connectivity index (χ2v) is 3.99. The van der Waals surface area contributed by atoms with Crippen LogP contribution in [0.2, 0.25) is 0 Å². The summed E-state index contributed by atoms with van der Waals surface area (Å²) in [4.78, 5) is 0. The van der Waals surface area contributed by atoms with Gasteiger partial charge in [0.05, 0.1) is 14.2 Å². The molecule has 1 aromatic rings. The van der Waals surface area contributed by atoms with E-state index in [4.69, 9.17) is 9.47 Å². The Morgan fingerprint density at radius 1 is 1.00 bits per heavy atom. The van der Waals surface area contributed by atoms with Crippen molar-refractivity contribution >= 4 is 0 Å². The third kappa shape index (κ3) is 1.45. The van der Waals surface area contributed by atoms with Gasteiger partial charge in [0.2, 0.25) is 0 Å². The highest BCUT2D eigenvalue weighted by Gasteiger charge is 2.20. The van der Waals surface area contributed by atoms with Crippen molar-refractivity contribution in [2.75, 3.05) is 14.2 Å². The Kier molecular flexibility index (Phi) is 2.36. The molecular formula is C12H16O2. The molecule has 1 aliphatic carbocycles. The van der Waals surface area contributed by atoms with E-state index in [1.807, 2.05) is 0 Å². The normalized spacial score (nSPS) is 15.4. The van der Waals surface area contributed by atoms with Crippen LogP contribution in [0, 0.1) is 5.92 Å². The minimum atomic E-state index is 0.752. The van der Waals surface area contributed by atoms with Gasteiger partial charge < -0.3 is 9.47 Å². The molecule has 0 amide bonds. The molecular weight excluding hydrogens is 176 g/mol. The molecule has 1 aromatic carbocycles. The van der Waals surface area contributed by atoms with Gasteiger partial charge in [0, 0.05) is 0 Å². The second-order valence-electron chi connectivity index (χ2n) is 3.99. The summed E-state index contributed by atoms with van der Waals surface area (Å²) in [6.45, 7) is 2.28. The lowest BCUT2D eigenvalue weighted by Crippen LogP contribution is -1.93. The average Bonchev–Trinajstić information content (AvgIpc) is 2.54. The Morgan fingerprint density at radius 2 is 1.43 bits per heavy atom. The van der Waals surface area contributed by atoms with Crippen molar-refractivity contribution in [1.82, 2.24) is 0 Å². The highest BCUT2D eigenvalue weighted by atomic mass is 16.5. The van der Waals surface area contributed by atoms with E-state index in [9.17, 15) is 0 Å². The molecule has 2 nitrogen and oxygen atoms in total. The highest BCUT2D eigenvalue weighted by Crippen LogP contribution is 2.36. The molecule has 0 atom stereocenters. The van der Waals surface area contributed by atoms with Gasteiger partial charge in [0.15, 0.2) is 11.5 Å². The minimum Gasteiger partial charge on any atom is -0.493 e. The van der Waals surface area contributed by atoms with Gasteiger partial charge >= 0.3 is 0 Å². The topological polar surface area (TPSA) is 18.5 Å². The van der Waals surface area contributed by atoms with Crippen molar-refractivity contribution in [2.45, 2.75) is 19.8 Å². The molecule has 0 unspecified atom stereocenters. The Balaban J connectivity index is 2.43. The molecule has 1 aliphatic rings. The first kappa shape index (κ1) is 9.38. The summed E-state index contributed by atoms with van der Waals surface area (Å²) in [7, 11) is 3.37. The van der Waals surface area contributed by atoms with Crippen LogP contribution in [0.3, 0.4) is 0 Å². The third-order valence-corrected chi connectivity index (χ3v) is 2.84. The fourth-order valence-corrected chi connectivity index (χ4v) is 2.17. The van der Waals surface area contributed by atoms with Crippen molar-refractivity contribution in [3.63, 3.8) is 0 Å². The van der Waals surface area contributed by atoms with E-state index < -0.39 is 0 Å². The first-order valence-electron chi connectivity index (χ1n) is 4.98. The van der Waals surface area contributed by atoms with Gasteiger partial charge in [-0.1, -0.05) is 6.92 Å². The van der Waals surface area contributed by atoms with Gasteiger partial charge in [-0.2, -0.15) is 0 Å². The van der Waals surface area contributed by atoms with E-state index in [1.54, 1.807) is 14.2 Å². The van der Waals surface area contributed by atoms with Crippen molar-refractivity contribution in [3.05, 3.63) is 23.3 Å². The monoisotopic (exact) mass is 192 g/mol. The number of ether oxygens (including phenoxy) is 2. The number of hydrogen-bond donors (Lipinski definition) is 0. The van der Waals surface area contributed by atoms with Gasteiger partial charge in [0.25, 0.3) is 0 Å². The van der Waals surface area contributed by atoms with Crippen LogP contribution < -0.4 is 9.47 Å². The SMILES string of the molecule is COc1cc2c(cc1OC)CC(C)C2. The van der Waals surface area contributed by atoms with Gasteiger partial charge in [-0.15, -0.1) is 0 Å². The predicted molar refractivity (Wildman–Crippen MR) is 56.1 cm³/mol. The standard InChI is InChI=1S/C12H16O2/c1-8-4-9-6-11(13-2)12(14-3)7-10(9)5-8/h6-8H,4-5H2,1-3H3. The predicted octanol–water partition coefficient (Wildman–Crippen LogP) is 2.44. The van der Waals surface area contributed by atoms with E-state index in [2.05, 4.69) is 19.1 Å². The van der Waals surface area contributed by atoms with Gasteiger partial charge in [-0.25, -0.2) is 0 Å². The molecule has 0 radical (unpaired) electrons. The van der Waals surface area contributed by atoms with E-state index >= 15 is 0 Å². The number of fused-ring (bicyclic) bond motifs is 1. The zero-order valence-corrected chi connectivity index (χ0v) is 8.96. The molecule has 2 heteroatoms. The zero-order valence-electron chi connectivity index (χ0n) is 8.96. The maximum atomic E-state index is 5.27. The number of benzene rings is 1. The Morgan fingerprint density at radius 3 is 1.79 bits per heavy atom. The largest absolute Gasteiger partial charge is 0.493 e. The zero-order chi connectivity index (χ0) is 10.1. The molecule has 0 saturated heterocycles. The fraction of sp³-hybridized carbons (Fsp3) is 0.500. The molecule has 0 N–H and O–H groups in total. The summed E-state index contributed by atoms with van der Waals surface area (Å²) in [6, 6.07) is 4.22. The van der Waals surface area contributed by atoms with Crippen LogP contribution in [0.5, 0.6) is 11.5 Å². The molecule has 0 heterocycles. The minimum absolute atomic E-state index is 0.752. The van der Waals surface area contributed by atoms with Crippen molar-refractivity contribution < 1.29 is 9.47 Å². The smallest absolute Gasteiger partial charge is 0.161 e. The molecule has 0 fully saturated rings. The molecule has 0 spiro atoms. The molecule has 0 saturated carbocycles. The van der Waals surface area contributed by atoms with Crippen LogP contribution in [0.15, 0.2) is 12.1 Å². The lowest BCUT2D eigenvalue weighted by molar-refractivity contribution is 0.354. The van der Waals surface area contributed by atoms with Crippen molar-refractivity contribution in [1.29, 1.82) is 0 Å². The fourth-order valence-electron chi connectivity index (χ4n) is 2.17. The van der Waals surface area contributed by atoms with Gasteiger partial charge in [-0.05, 0) is 42.0 Å². The van der Waals surface area contributed by atoms with Crippen LogP contribution in [0.1, 0.15) is 18.1 Å². The third-order valence-electron chi connectivity index (χ3n) is 2.84. The van der Waals surface area contributed by atoms with Crippen molar-refractivity contribution in [3.8, 4) is 11.5 Å². The molecule has 0 aromatic heterocycles. The maximum Gasteiger partial charge on any atom is 0.161 e. The van der Waals surface area contributed by atoms with Crippen LogP contribution in [0.25, 0.3) is 0 Å². The lowest BCUT2D eigenvalue weighted by atomic mass is 10.1. The quantitative estimate of drug-likeness (QED) is 0.716. The number of rotatable bonds is 2. The molecule has 76 valence electrons. The number of hydrogen-bond acceptors (Lipinski definition) is 2. The molecule has 0 bridgehead atoms. The molecule has 2 rings (SSSR count). The maximum absolute atomic E-state index is 5.27. The summed E-state index contributed by atoms with van der Waals surface area (Å²) in [5.41, 5.74) is 2.82. The average molecular weight is 192 g/mol. The van der Waals surface area contributed by atoms with Crippen LogP contribution in [-0.2, 0) is 12.8 Å². The summed E-state index contributed by atoms with van der Waals surface area (Å²) >= 11 is 0.